The van der Waals surface area contributed by atoms with E-state index >= 15 is 0 Å². The molecule has 1 aromatic heterocycles. The normalized spacial score (nSPS) is 10.1. The molecule has 0 aliphatic rings. The van der Waals surface area contributed by atoms with Crippen LogP contribution in [-0.4, -0.2) is 10.9 Å². The van der Waals surface area contributed by atoms with Crippen LogP contribution < -0.4 is 5.32 Å². The standard InChI is InChI=1S/C13H10Br2N2O/c14-6-9-3-1-2-4-12(9)17-13(18)10-5-11(15)8-16-7-10/h1-5,7-8H,6H2,(H,17,18). The molecule has 1 aromatic carbocycles. The summed E-state index contributed by atoms with van der Waals surface area (Å²) in [6, 6.07) is 9.40. The molecule has 0 atom stereocenters. The summed E-state index contributed by atoms with van der Waals surface area (Å²) in [5.74, 6) is -0.169. The second-order valence-corrected chi connectivity index (χ2v) is 5.11. The average Bonchev–Trinajstić information content (AvgIpc) is 2.39. The lowest BCUT2D eigenvalue weighted by molar-refractivity contribution is 0.102. The number of benzene rings is 1. The van der Waals surface area contributed by atoms with Gasteiger partial charge >= 0.3 is 0 Å². The predicted molar refractivity (Wildman–Crippen MR) is 79.0 cm³/mol. The van der Waals surface area contributed by atoms with Gasteiger partial charge in [0, 0.05) is 27.9 Å². The molecule has 0 radical (unpaired) electrons. The van der Waals surface area contributed by atoms with E-state index in [2.05, 4.69) is 42.2 Å². The summed E-state index contributed by atoms with van der Waals surface area (Å²) in [6.07, 6.45) is 3.18. The zero-order valence-electron chi connectivity index (χ0n) is 9.36. The Bertz CT molecular complexity index is 572. The highest BCUT2D eigenvalue weighted by molar-refractivity contribution is 9.10. The largest absolute Gasteiger partial charge is 0.322 e. The van der Waals surface area contributed by atoms with Crippen LogP contribution in [0.3, 0.4) is 0 Å². The van der Waals surface area contributed by atoms with Gasteiger partial charge in [0.1, 0.15) is 0 Å². The molecule has 1 N–H and O–H groups in total. The molecule has 5 heteroatoms. The third kappa shape index (κ3) is 3.17. The fourth-order valence-electron chi connectivity index (χ4n) is 1.49. The Labute approximate surface area is 122 Å². The van der Waals surface area contributed by atoms with Crippen molar-refractivity contribution in [2.75, 3.05) is 5.32 Å². The molecule has 0 aliphatic carbocycles. The Morgan fingerprint density at radius 3 is 2.78 bits per heavy atom. The van der Waals surface area contributed by atoms with Crippen molar-refractivity contribution >= 4 is 43.5 Å². The number of aromatic nitrogens is 1. The van der Waals surface area contributed by atoms with Gasteiger partial charge in [-0.2, -0.15) is 0 Å². The summed E-state index contributed by atoms with van der Waals surface area (Å²) in [4.78, 5) is 16.0. The number of nitrogens with zero attached hydrogens (tertiary/aromatic N) is 1. The lowest BCUT2D eigenvalue weighted by atomic mass is 10.2. The first-order valence-corrected chi connectivity index (χ1v) is 7.18. The van der Waals surface area contributed by atoms with Gasteiger partial charge in [-0.15, -0.1) is 0 Å². The van der Waals surface area contributed by atoms with Crippen molar-refractivity contribution in [2.45, 2.75) is 5.33 Å². The molecule has 0 spiro atoms. The van der Waals surface area contributed by atoms with E-state index in [9.17, 15) is 4.79 Å². The number of alkyl halides is 1. The zero-order chi connectivity index (χ0) is 13.0. The Hall–Kier alpha value is -1.20. The van der Waals surface area contributed by atoms with E-state index in [0.717, 1.165) is 15.7 Å². The minimum Gasteiger partial charge on any atom is -0.322 e. The number of pyridine rings is 1. The molecule has 1 heterocycles. The molecular weight excluding hydrogens is 360 g/mol. The van der Waals surface area contributed by atoms with Crippen LogP contribution in [0.4, 0.5) is 5.69 Å². The maximum absolute atomic E-state index is 12.0. The smallest absolute Gasteiger partial charge is 0.257 e. The van der Waals surface area contributed by atoms with Gasteiger partial charge in [-0.3, -0.25) is 9.78 Å². The highest BCUT2D eigenvalue weighted by Gasteiger charge is 2.09. The number of carbonyl (C=O) groups is 1. The summed E-state index contributed by atoms with van der Waals surface area (Å²) in [5.41, 5.74) is 2.36. The van der Waals surface area contributed by atoms with Crippen LogP contribution in [0.15, 0.2) is 47.2 Å². The lowest BCUT2D eigenvalue weighted by Gasteiger charge is -2.09. The lowest BCUT2D eigenvalue weighted by Crippen LogP contribution is -2.13. The summed E-state index contributed by atoms with van der Waals surface area (Å²) in [6.45, 7) is 0. The van der Waals surface area contributed by atoms with Crippen LogP contribution in [0.25, 0.3) is 0 Å². The fourth-order valence-corrected chi connectivity index (χ4v) is 2.34. The molecule has 0 saturated heterocycles. The second-order valence-electron chi connectivity index (χ2n) is 3.64. The maximum atomic E-state index is 12.0. The minimum absolute atomic E-state index is 0.169. The van der Waals surface area contributed by atoms with Gasteiger partial charge in [-0.1, -0.05) is 34.1 Å². The highest BCUT2D eigenvalue weighted by atomic mass is 79.9. The summed E-state index contributed by atoms with van der Waals surface area (Å²) < 4.78 is 0.781. The SMILES string of the molecule is O=C(Nc1ccccc1CBr)c1cncc(Br)c1. The van der Waals surface area contributed by atoms with Gasteiger partial charge in [0.2, 0.25) is 0 Å². The van der Waals surface area contributed by atoms with Gasteiger partial charge in [0.05, 0.1) is 5.56 Å². The number of anilines is 1. The Morgan fingerprint density at radius 2 is 2.06 bits per heavy atom. The average molecular weight is 370 g/mol. The molecule has 18 heavy (non-hydrogen) atoms. The summed E-state index contributed by atoms with van der Waals surface area (Å²) in [5, 5.41) is 3.57. The summed E-state index contributed by atoms with van der Waals surface area (Å²) >= 11 is 6.69. The molecule has 0 fully saturated rings. The molecule has 2 aromatic rings. The number of hydrogen-bond donors (Lipinski definition) is 1. The molecule has 3 nitrogen and oxygen atoms in total. The van der Waals surface area contributed by atoms with E-state index in [1.54, 1.807) is 12.3 Å². The summed E-state index contributed by atoms with van der Waals surface area (Å²) in [7, 11) is 0. The molecule has 1 amide bonds. The van der Waals surface area contributed by atoms with E-state index in [-0.39, 0.29) is 5.91 Å². The first kappa shape index (κ1) is 13.2. The van der Waals surface area contributed by atoms with Crippen molar-refractivity contribution in [3.63, 3.8) is 0 Å². The van der Waals surface area contributed by atoms with Crippen LogP contribution in [0.1, 0.15) is 15.9 Å². The Morgan fingerprint density at radius 1 is 1.28 bits per heavy atom. The third-order valence-corrected chi connectivity index (χ3v) is 3.41. The molecule has 0 saturated carbocycles. The van der Waals surface area contributed by atoms with E-state index in [4.69, 9.17) is 0 Å². The molecular formula is C13H10Br2N2O. The van der Waals surface area contributed by atoms with Crippen molar-refractivity contribution in [3.05, 3.63) is 58.3 Å². The highest BCUT2D eigenvalue weighted by Crippen LogP contribution is 2.19. The number of rotatable bonds is 3. The first-order valence-electron chi connectivity index (χ1n) is 5.26. The van der Waals surface area contributed by atoms with Crippen LogP contribution >= 0.6 is 31.9 Å². The van der Waals surface area contributed by atoms with Crippen molar-refractivity contribution in [2.24, 2.45) is 0 Å². The van der Waals surface area contributed by atoms with Crippen LogP contribution in [0, 0.1) is 0 Å². The number of carbonyl (C=O) groups excluding carboxylic acids is 1. The van der Waals surface area contributed by atoms with E-state index < -0.39 is 0 Å². The fraction of sp³-hybridized carbons (Fsp3) is 0.0769. The molecule has 0 unspecified atom stereocenters. The quantitative estimate of drug-likeness (QED) is 0.831. The van der Waals surface area contributed by atoms with E-state index in [1.165, 1.54) is 6.20 Å². The van der Waals surface area contributed by atoms with Crippen molar-refractivity contribution in [1.29, 1.82) is 0 Å². The predicted octanol–water partition coefficient (Wildman–Crippen LogP) is 3.99. The van der Waals surface area contributed by atoms with Crippen LogP contribution in [0.2, 0.25) is 0 Å². The van der Waals surface area contributed by atoms with Gasteiger partial charge in [-0.25, -0.2) is 0 Å². The number of halogens is 2. The Kier molecular flexibility index (Phi) is 4.49. The van der Waals surface area contributed by atoms with Crippen molar-refractivity contribution < 1.29 is 4.79 Å². The second kappa shape index (κ2) is 6.11. The number of para-hydroxylation sites is 1. The van der Waals surface area contributed by atoms with Crippen LogP contribution in [-0.2, 0) is 5.33 Å². The third-order valence-electron chi connectivity index (χ3n) is 2.38. The number of nitrogens with one attached hydrogen (secondary N) is 1. The van der Waals surface area contributed by atoms with E-state index in [0.29, 0.717) is 10.9 Å². The molecule has 2 rings (SSSR count). The maximum Gasteiger partial charge on any atom is 0.257 e. The van der Waals surface area contributed by atoms with Gasteiger partial charge in [0.15, 0.2) is 0 Å². The first-order chi connectivity index (χ1) is 8.70. The monoisotopic (exact) mass is 368 g/mol. The molecule has 0 aliphatic heterocycles. The van der Waals surface area contributed by atoms with Crippen LogP contribution in [0.5, 0.6) is 0 Å². The van der Waals surface area contributed by atoms with Gasteiger partial charge in [0.25, 0.3) is 5.91 Å². The van der Waals surface area contributed by atoms with Crippen molar-refractivity contribution in [1.82, 2.24) is 4.98 Å². The zero-order valence-corrected chi connectivity index (χ0v) is 12.5. The van der Waals surface area contributed by atoms with E-state index in [1.807, 2.05) is 24.3 Å². The molecule has 0 bridgehead atoms. The van der Waals surface area contributed by atoms with Crippen molar-refractivity contribution in [3.8, 4) is 0 Å². The molecule has 92 valence electrons. The number of amides is 1. The number of hydrogen-bond acceptors (Lipinski definition) is 2. The van der Waals surface area contributed by atoms with Gasteiger partial charge in [-0.05, 0) is 33.6 Å². The topological polar surface area (TPSA) is 42.0 Å². The Balaban J connectivity index is 2.21. The minimum atomic E-state index is -0.169. The van der Waals surface area contributed by atoms with Gasteiger partial charge < -0.3 is 5.32 Å².